The first-order valence-corrected chi connectivity index (χ1v) is 6.74. The molecule has 0 heterocycles. The minimum absolute atomic E-state index is 0.204. The smallest absolute Gasteiger partial charge is 0.315 e. The average molecular weight is 298 g/mol. The number of nitrogens with one attached hydrogen (secondary N) is 2. The second kappa shape index (κ2) is 8.36. The van der Waals surface area contributed by atoms with Crippen molar-refractivity contribution in [1.29, 1.82) is 0 Å². The Morgan fingerprint density at radius 1 is 1.38 bits per heavy atom. The Morgan fingerprint density at radius 3 is 2.71 bits per heavy atom. The predicted octanol–water partition coefficient (Wildman–Crippen LogP) is 2.65. The summed E-state index contributed by atoms with van der Waals surface area (Å²) in [7, 11) is 0. The topological polar surface area (TPSA) is 61.4 Å². The molecule has 1 aromatic rings. The SMILES string of the molecule is CC=CCCNC(=O)NC(C)C(O)c1ccc(F)c(F)c1. The van der Waals surface area contributed by atoms with Gasteiger partial charge >= 0.3 is 6.03 Å². The van der Waals surface area contributed by atoms with E-state index in [1.54, 1.807) is 6.92 Å². The molecule has 0 aliphatic heterocycles. The van der Waals surface area contributed by atoms with Crippen LogP contribution in [0.25, 0.3) is 0 Å². The highest BCUT2D eigenvalue weighted by Gasteiger charge is 2.19. The van der Waals surface area contributed by atoms with Gasteiger partial charge in [-0.15, -0.1) is 0 Å². The molecule has 0 aliphatic carbocycles. The fourth-order valence-corrected chi connectivity index (χ4v) is 1.76. The number of carbonyl (C=O) groups excluding carboxylic acids is 1. The van der Waals surface area contributed by atoms with Crippen LogP contribution in [-0.2, 0) is 0 Å². The van der Waals surface area contributed by atoms with Gasteiger partial charge in [-0.1, -0.05) is 18.2 Å². The molecule has 0 aliphatic rings. The van der Waals surface area contributed by atoms with Crippen molar-refractivity contribution in [2.75, 3.05) is 6.54 Å². The number of hydrogen-bond donors (Lipinski definition) is 3. The summed E-state index contributed by atoms with van der Waals surface area (Å²) in [6.07, 6.45) is 3.39. The van der Waals surface area contributed by atoms with Crippen molar-refractivity contribution in [2.45, 2.75) is 32.4 Å². The number of amides is 2. The van der Waals surface area contributed by atoms with Gasteiger partial charge in [-0.25, -0.2) is 13.6 Å². The van der Waals surface area contributed by atoms with Crippen molar-refractivity contribution in [2.24, 2.45) is 0 Å². The van der Waals surface area contributed by atoms with E-state index in [1.807, 2.05) is 19.1 Å². The first-order chi connectivity index (χ1) is 9.95. The van der Waals surface area contributed by atoms with Crippen molar-refractivity contribution in [3.8, 4) is 0 Å². The lowest BCUT2D eigenvalue weighted by molar-refractivity contribution is 0.137. The molecule has 2 amide bonds. The van der Waals surface area contributed by atoms with E-state index in [0.29, 0.717) is 13.0 Å². The minimum atomic E-state index is -1.12. The molecule has 1 rings (SSSR count). The van der Waals surface area contributed by atoms with E-state index in [1.165, 1.54) is 6.07 Å². The van der Waals surface area contributed by atoms with Crippen molar-refractivity contribution < 1.29 is 18.7 Å². The van der Waals surface area contributed by atoms with Gasteiger partial charge in [-0.3, -0.25) is 0 Å². The summed E-state index contributed by atoms with van der Waals surface area (Å²) < 4.78 is 25.9. The monoisotopic (exact) mass is 298 g/mol. The zero-order valence-corrected chi connectivity index (χ0v) is 12.1. The highest BCUT2D eigenvalue weighted by atomic mass is 19.2. The molecule has 1 aromatic carbocycles. The molecular formula is C15H20F2N2O2. The van der Waals surface area contributed by atoms with Crippen LogP contribution in [0.5, 0.6) is 0 Å². The van der Waals surface area contributed by atoms with Crippen LogP contribution in [-0.4, -0.2) is 23.7 Å². The van der Waals surface area contributed by atoms with E-state index in [0.717, 1.165) is 12.1 Å². The maximum atomic E-state index is 13.1. The number of hydrogen-bond acceptors (Lipinski definition) is 2. The van der Waals surface area contributed by atoms with Crippen LogP contribution in [0.2, 0.25) is 0 Å². The van der Waals surface area contributed by atoms with Gasteiger partial charge in [0.2, 0.25) is 0 Å². The average Bonchev–Trinajstić information content (AvgIpc) is 2.45. The third-order valence-electron chi connectivity index (χ3n) is 2.95. The molecule has 116 valence electrons. The highest BCUT2D eigenvalue weighted by molar-refractivity contribution is 5.74. The molecule has 0 radical (unpaired) electrons. The number of urea groups is 1. The molecule has 0 spiro atoms. The van der Waals surface area contributed by atoms with E-state index in [2.05, 4.69) is 10.6 Å². The molecule has 2 unspecified atom stereocenters. The first-order valence-electron chi connectivity index (χ1n) is 6.74. The van der Waals surface area contributed by atoms with Gasteiger partial charge < -0.3 is 15.7 Å². The van der Waals surface area contributed by atoms with Gasteiger partial charge in [0.25, 0.3) is 0 Å². The molecule has 0 saturated carbocycles. The zero-order valence-electron chi connectivity index (χ0n) is 12.1. The standard InChI is InChI=1S/C15H20F2N2O2/c1-3-4-5-8-18-15(21)19-10(2)14(20)11-6-7-12(16)13(17)9-11/h3-4,6-7,9-10,14,20H,5,8H2,1-2H3,(H2,18,19,21). The predicted molar refractivity (Wildman–Crippen MR) is 76.7 cm³/mol. The largest absolute Gasteiger partial charge is 0.386 e. The third-order valence-corrected chi connectivity index (χ3v) is 2.95. The van der Waals surface area contributed by atoms with Gasteiger partial charge in [0.15, 0.2) is 11.6 Å². The van der Waals surface area contributed by atoms with Crippen molar-refractivity contribution in [3.05, 3.63) is 47.5 Å². The number of aliphatic hydroxyl groups is 1. The van der Waals surface area contributed by atoms with E-state index < -0.39 is 29.8 Å². The minimum Gasteiger partial charge on any atom is -0.386 e. The Labute approximate surface area is 122 Å². The number of rotatable bonds is 6. The molecule has 4 nitrogen and oxygen atoms in total. The van der Waals surface area contributed by atoms with Gasteiger partial charge in [0.1, 0.15) is 0 Å². The Kier molecular flexibility index (Phi) is 6.81. The van der Waals surface area contributed by atoms with E-state index >= 15 is 0 Å². The van der Waals surface area contributed by atoms with Crippen LogP contribution in [0.4, 0.5) is 13.6 Å². The number of halogens is 2. The Morgan fingerprint density at radius 2 is 2.10 bits per heavy atom. The van der Waals surface area contributed by atoms with Gasteiger partial charge in [0.05, 0.1) is 12.1 Å². The summed E-state index contributed by atoms with van der Waals surface area (Å²) >= 11 is 0. The molecule has 0 aromatic heterocycles. The zero-order chi connectivity index (χ0) is 15.8. The van der Waals surface area contributed by atoms with Crippen molar-refractivity contribution in [3.63, 3.8) is 0 Å². The summed E-state index contributed by atoms with van der Waals surface area (Å²) in [5.41, 5.74) is 0.204. The number of carbonyl (C=O) groups is 1. The van der Waals surface area contributed by atoms with Gasteiger partial charge in [-0.2, -0.15) is 0 Å². The molecule has 0 bridgehead atoms. The Balaban J connectivity index is 2.51. The van der Waals surface area contributed by atoms with Crippen LogP contribution in [0, 0.1) is 11.6 Å². The molecule has 0 saturated heterocycles. The Hall–Kier alpha value is -1.95. The molecule has 3 N–H and O–H groups in total. The highest BCUT2D eigenvalue weighted by Crippen LogP contribution is 2.19. The fraction of sp³-hybridized carbons (Fsp3) is 0.400. The van der Waals surface area contributed by atoms with Crippen LogP contribution >= 0.6 is 0 Å². The second-order valence-electron chi connectivity index (χ2n) is 4.67. The van der Waals surface area contributed by atoms with Gasteiger partial charge in [0, 0.05) is 6.54 Å². The van der Waals surface area contributed by atoms with E-state index in [9.17, 15) is 18.7 Å². The lowest BCUT2D eigenvalue weighted by Crippen LogP contribution is -2.43. The maximum absolute atomic E-state index is 13.1. The third kappa shape index (κ3) is 5.51. The van der Waals surface area contributed by atoms with Crippen molar-refractivity contribution >= 4 is 6.03 Å². The molecule has 2 atom stereocenters. The first kappa shape index (κ1) is 17.1. The number of benzene rings is 1. The summed E-state index contributed by atoms with van der Waals surface area (Å²) in [6, 6.07) is 2.08. The summed E-state index contributed by atoms with van der Waals surface area (Å²) in [5, 5.41) is 15.2. The number of aliphatic hydroxyl groups excluding tert-OH is 1. The Bertz CT molecular complexity index is 506. The fourth-order valence-electron chi connectivity index (χ4n) is 1.76. The summed E-state index contributed by atoms with van der Waals surface area (Å²) in [4.78, 5) is 11.6. The van der Waals surface area contributed by atoms with Gasteiger partial charge in [-0.05, 0) is 38.0 Å². The lowest BCUT2D eigenvalue weighted by atomic mass is 10.0. The second-order valence-corrected chi connectivity index (χ2v) is 4.67. The van der Waals surface area contributed by atoms with Crippen LogP contribution < -0.4 is 10.6 Å². The quantitative estimate of drug-likeness (QED) is 0.558. The van der Waals surface area contributed by atoms with E-state index in [4.69, 9.17) is 0 Å². The molecule has 6 heteroatoms. The molecule has 21 heavy (non-hydrogen) atoms. The normalized spacial score (nSPS) is 14.0. The van der Waals surface area contributed by atoms with E-state index in [-0.39, 0.29) is 5.56 Å². The maximum Gasteiger partial charge on any atom is 0.315 e. The van der Waals surface area contributed by atoms with Crippen LogP contribution in [0.15, 0.2) is 30.4 Å². The molecule has 0 fully saturated rings. The molecular weight excluding hydrogens is 278 g/mol. The lowest BCUT2D eigenvalue weighted by Gasteiger charge is -2.21. The summed E-state index contributed by atoms with van der Waals surface area (Å²) in [5.74, 6) is -2.01. The van der Waals surface area contributed by atoms with Crippen LogP contribution in [0.3, 0.4) is 0 Å². The van der Waals surface area contributed by atoms with Crippen molar-refractivity contribution in [1.82, 2.24) is 10.6 Å². The summed E-state index contributed by atoms with van der Waals surface area (Å²) in [6.45, 7) is 3.95. The number of allylic oxidation sites excluding steroid dienone is 1. The van der Waals surface area contributed by atoms with Crippen LogP contribution in [0.1, 0.15) is 31.9 Å².